The molecule has 30 heavy (non-hydrogen) atoms. The van der Waals surface area contributed by atoms with Gasteiger partial charge < -0.3 is 15.5 Å². The van der Waals surface area contributed by atoms with Gasteiger partial charge in [-0.2, -0.15) is 0 Å². The molecule has 1 aliphatic heterocycles. The zero-order valence-corrected chi connectivity index (χ0v) is 18.0. The Morgan fingerprint density at radius 2 is 2.07 bits per heavy atom. The average Bonchev–Trinajstić information content (AvgIpc) is 3.12. The predicted molar refractivity (Wildman–Crippen MR) is 112 cm³/mol. The Morgan fingerprint density at radius 1 is 1.33 bits per heavy atom. The molecular weight excluding hydrogens is 434 g/mol. The highest BCUT2D eigenvalue weighted by Crippen LogP contribution is 2.25. The van der Waals surface area contributed by atoms with Crippen molar-refractivity contribution in [3.63, 3.8) is 0 Å². The fourth-order valence-electron chi connectivity index (χ4n) is 3.07. The van der Waals surface area contributed by atoms with Crippen molar-refractivity contribution >= 4 is 46.3 Å². The SMILES string of the molecule is CC(=O)N[C@@H](Cc1ccc(O)c(Cl)c1)C(=O)SCCC(=O)NN1CCC[C@H]1C(=O)O. The molecule has 0 radical (unpaired) electrons. The van der Waals surface area contributed by atoms with Crippen molar-refractivity contribution in [3.8, 4) is 5.75 Å². The summed E-state index contributed by atoms with van der Waals surface area (Å²) in [7, 11) is 0. The van der Waals surface area contributed by atoms with Crippen molar-refractivity contribution in [2.45, 2.75) is 44.7 Å². The summed E-state index contributed by atoms with van der Waals surface area (Å²) in [6, 6.07) is 2.99. The third-order valence-electron chi connectivity index (χ3n) is 4.49. The molecule has 2 amide bonds. The number of phenols is 1. The summed E-state index contributed by atoms with van der Waals surface area (Å²) in [6.07, 6.45) is 1.37. The minimum atomic E-state index is -0.982. The summed E-state index contributed by atoms with van der Waals surface area (Å²) < 4.78 is 0. The quantitative estimate of drug-likeness (QED) is 0.436. The van der Waals surface area contributed by atoms with Crippen molar-refractivity contribution in [2.75, 3.05) is 12.3 Å². The molecule has 0 bridgehead atoms. The van der Waals surface area contributed by atoms with Crippen LogP contribution >= 0.6 is 23.4 Å². The van der Waals surface area contributed by atoms with Crippen molar-refractivity contribution in [3.05, 3.63) is 28.8 Å². The minimum absolute atomic E-state index is 0.0249. The van der Waals surface area contributed by atoms with Gasteiger partial charge in [0.05, 0.1) is 5.02 Å². The molecule has 0 saturated carbocycles. The summed E-state index contributed by atoms with van der Waals surface area (Å²) in [6.45, 7) is 1.77. The van der Waals surface area contributed by atoms with Gasteiger partial charge in [-0.05, 0) is 30.5 Å². The molecule has 9 nitrogen and oxygen atoms in total. The van der Waals surface area contributed by atoms with E-state index >= 15 is 0 Å². The van der Waals surface area contributed by atoms with Crippen LogP contribution in [0.2, 0.25) is 5.02 Å². The number of halogens is 1. The van der Waals surface area contributed by atoms with Crippen molar-refractivity contribution in [1.29, 1.82) is 0 Å². The van der Waals surface area contributed by atoms with Crippen LogP contribution in [0.3, 0.4) is 0 Å². The van der Waals surface area contributed by atoms with Gasteiger partial charge in [0.1, 0.15) is 17.8 Å². The van der Waals surface area contributed by atoms with Crippen LogP contribution in [-0.4, -0.2) is 62.5 Å². The number of carboxylic acids is 1. The van der Waals surface area contributed by atoms with E-state index in [9.17, 15) is 24.3 Å². The molecule has 1 saturated heterocycles. The lowest BCUT2D eigenvalue weighted by Gasteiger charge is -2.21. The molecule has 2 atom stereocenters. The van der Waals surface area contributed by atoms with Gasteiger partial charge in [0.25, 0.3) is 0 Å². The van der Waals surface area contributed by atoms with E-state index in [1.165, 1.54) is 24.1 Å². The molecule has 1 aliphatic rings. The van der Waals surface area contributed by atoms with Gasteiger partial charge in [0, 0.05) is 32.1 Å². The molecule has 0 spiro atoms. The van der Waals surface area contributed by atoms with Crippen molar-refractivity contribution in [1.82, 2.24) is 15.8 Å². The number of benzene rings is 1. The van der Waals surface area contributed by atoms with Crippen LogP contribution in [-0.2, 0) is 25.6 Å². The molecule has 1 fully saturated rings. The molecule has 2 rings (SSSR count). The van der Waals surface area contributed by atoms with Gasteiger partial charge in [0.15, 0.2) is 0 Å². The molecule has 0 unspecified atom stereocenters. The van der Waals surface area contributed by atoms with Gasteiger partial charge in [0.2, 0.25) is 16.9 Å². The number of hydrogen-bond donors (Lipinski definition) is 4. The summed E-state index contributed by atoms with van der Waals surface area (Å²) in [5, 5.41) is 22.5. The number of amides is 2. The van der Waals surface area contributed by atoms with Gasteiger partial charge >= 0.3 is 5.97 Å². The fraction of sp³-hybridized carbons (Fsp3) is 0.474. The predicted octanol–water partition coefficient (Wildman–Crippen LogP) is 1.32. The van der Waals surface area contributed by atoms with Crippen LogP contribution in [0.25, 0.3) is 0 Å². The first kappa shape index (κ1) is 24.0. The van der Waals surface area contributed by atoms with E-state index in [1.807, 2.05) is 0 Å². The molecule has 164 valence electrons. The first-order valence-corrected chi connectivity index (χ1v) is 10.7. The highest BCUT2D eigenvalue weighted by atomic mass is 35.5. The number of aliphatic carboxylic acids is 1. The van der Waals surface area contributed by atoms with Crippen LogP contribution in [0.4, 0.5) is 0 Å². The number of nitrogens with zero attached hydrogens (tertiary/aromatic N) is 1. The first-order valence-electron chi connectivity index (χ1n) is 9.37. The van der Waals surface area contributed by atoms with E-state index in [0.717, 1.165) is 11.8 Å². The molecular formula is C19H24ClN3O6S. The Kier molecular flexibility index (Phi) is 8.94. The number of hydrogen-bond acceptors (Lipinski definition) is 7. The lowest BCUT2D eigenvalue weighted by atomic mass is 10.1. The third-order valence-corrected chi connectivity index (χ3v) is 5.77. The van der Waals surface area contributed by atoms with Crippen LogP contribution in [0, 0.1) is 0 Å². The number of carbonyl (C=O) groups is 4. The van der Waals surface area contributed by atoms with Gasteiger partial charge in [-0.1, -0.05) is 29.4 Å². The Morgan fingerprint density at radius 3 is 2.70 bits per heavy atom. The second kappa shape index (κ2) is 11.2. The number of hydrazine groups is 1. The average molecular weight is 458 g/mol. The monoisotopic (exact) mass is 457 g/mol. The van der Waals surface area contributed by atoms with E-state index in [0.29, 0.717) is 24.9 Å². The van der Waals surface area contributed by atoms with Crippen LogP contribution in [0.1, 0.15) is 31.7 Å². The van der Waals surface area contributed by atoms with E-state index in [1.54, 1.807) is 6.07 Å². The summed E-state index contributed by atoms with van der Waals surface area (Å²) in [5.74, 6) is -1.62. The molecule has 0 aromatic heterocycles. The van der Waals surface area contributed by atoms with Crippen molar-refractivity contribution < 1.29 is 29.4 Å². The number of aromatic hydroxyl groups is 1. The van der Waals surface area contributed by atoms with Crippen molar-refractivity contribution in [2.24, 2.45) is 0 Å². The minimum Gasteiger partial charge on any atom is -0.506 e. The van der Waals surface area contributed by atoms with Crippen LogP contribution in [0.15, 0.2) is 18.2 Å². The summed E-state index contributed by atoms with van der Waals surface area (Å²) in [4.78, 5) is 47.3. The molecule has 1 aromatic rings. The number of phenolic OH excluding ortho intramolecular Hbond substituents is 1. The van der Waals surface area contributed by atoms with E-state index < -0.39 is 18.1 Å². The normalized spacial score (nSPS) is 17.3. The molecule has 1 aromatic carbocycles. The Labute approximate surface area is 183 Å². The highest BCUT2D eigenvalue weighted by molar-refractivity contribution is 8.13. The van der Waals surface area contributed by atoms with Gasteiger partial charge in [-0.3, -0.25) is 24.6 Å². The lowest BCUT2D eigenvalue weighted by molar-refractivity contribution is -0.144. The highest BCUT2D eigenvalue weighted by Gasteiger charge is 2.31. The zero-order valence-electron chi connectivity index (χ0n) is 16.4. The smallest absolute Gasteiger partial charge is 0.322 e. The molecule has 11 heteroatoms. The maximum Gasteiger partial charge on any atom is 0.322 e. The van der Waals surface area contributed by atoms with E-state index in [4.69, 9.17) is 16.7 Å². The number of nitrogens with one attached hydrogen (secondary N) is 2. The fourth-order valence-corrected chi connectivity index (χ4v) is 4.11. The maximum atomic E-state index is 12.5. The van der Waals surface area contributed by atoms with Gasteiger partial charge in [-0.25, -0.2) is 5.01 Å². The first-order chi connectivity index (χ1) is 14.2. The van der Waals surface area contributed by atoms with E-state index in [2.05, 4.69) is 10.7 Å². The van der Waals surface area contributed by atoms with E-state index in [-0.39, 0.29) is 46.3 Å². The number of carboxylic acid groups (broad SMARTS) is 1. The third kappa shape index (κ3) is 7.19. The lowest BCUT2D eigenvalue weighted by Crippen LogP contribution is -2.48. The summed E-state index contributed by atoms with van der Waals surface area (Å²) >= 11 is 6.80. The number of carbonyl (C=O) groups excluding carboxylic acids is 3. The standard InChI is InChI=1S/C19H24ClN3O6S/c1-11(24)21-14(10-12-4-5-16(25)13(20)9-12)19(29)30-8-6-17(26)22-23-7-2-3-15(23)18(27)28/h4-5,9,14-15,25H,2-3,6-8,10H2,1H3,(H,21,24)(H,22,26)(H,27,28)/t14-,15-/m0/s1. The second-order valence-corrected chi connectivity index (χ2v) is 8.39. The van der Waals surface area contributed by atoms with Gasteiger partial charge in [-0.15, -0.1) is 0 Å². The maximum absolute atomic E-state index is 12.5. The Hall–Kier alpha value is -2.30. The summed E-state index contributed by atoms with van der Waals surface area (Å²) in [5.41, 5.74) is 3.24. The second-order valence-electron chi connectivity index (χ2n) is 6.89. The van der Waals surface area contributed by atoms with Crippen LogP contribution < -0.4 is 10.7 Å². The number of thioether (sulfide) groups is 1. The Balaban J connectivity index is 1.86. The zero-order chi connectivity index (χ0) is 22.3. The largest absolute Gasteiger partial charge is 0.506 e. The Bertz CT molecular complexity index is 821. The topological polar surface area (TPSA) is 136 Å². The molecule has 0 aliphatic carbocycles. The number of rotatable bonds is 9. The molecule has 1 heterocycles. The van der Waals surface area contributed by atoms with Crippen LogP contribution in [0.5, 0.6) is 5.75 Å². The molecule has 4 N–H and O–H groups in total.